The van der Waals surface area contributed by atoms with Crippen LogP contribution in [0.25, 0.3) is 10.2 Å². The first-order valence-corrected chi connectivity index (χ1v) is 12.4. The monoisotopic (exact) mass is 463 g/mol. The molecule has 0 saturated carbocycles. The zero-order valence-corrected chi connectivity index (χ0v) is 19.1. The zero-order valence-electron chi connectivity index (χ0n) is 16.7. The van der Waals surface area contributed by atoms with Crippen LogP contribution < -0.4 is 5.32 Å². The average Bonchev–Trinajstić information content (AvgIpc) is 3.16. The van der Waals surface area contributed by atoms with Gasteiger partial charge in [0.25, 0.3) is 5.91 Å². The highest BCUT2D eigenvalue weighted by molar-refractivity contribution is 7.89. The second-order valence-corrected chi connectivity index (χ2v) is 10.8. The van der Waals surface area contributed by atoms with Gasteiger partial charge >= 0.3 is 0 Å². The summed E-state index contributed by atoms with van der Waals surface area (Å²) in [6, 6.07) is 9.73. The Morgan fingerprint density at radius 3 is 2.60 bits per heavy atom. The Morgan fingerprint density at radius 1 is 1.20 bits per heavy atom. The average molecular weight is 464 g/mol. The third-order valence-corrected chi connectivity index (χ3v) is 8.84. The first-order chi connectivity index (χ1) is 14.3. The van der Waals surface area contributed by atoms with Crippen molar-refractivity contribution in [2.45, 2.75) is 44.0 Å². The molecule has 1 N–H and O–H groups in total. The molecule has 1 amide bonds. The van der Waals surface area contributed by atoms with Crippen molar-refractivity contribution in [2.24, 2.45) is 0 Å². The van der Waals surface area contributed by atoms with Gasteiger partial charge in [0.05, 0.1) is 20.1 Å². The number of halogens is 1. The SMILES string of the molecule is Cc1ccc(Cl)c2sc(NC(=O)c3ccc(S(=O)(=O)N4CCCC[C@H]4C)cc3)nc12. The molecule has 4 rings (SSSR count). The number of thiazole rings is 1. The minimum absolute atomic E-state index is 0.0129. The molecule has 0 unspecified atom stereocenters. The molecular formula is C21H22ClN3O3S2. The van der Waals surface area contributed by atoms with E-state index >= 15 is 0 Å². The third kappa shape index (κ3) is 3.97. The van der Waals surface area contributed by atoms with Gasteiger partial charge in [-0.15, -0.1) is 0 Å². The van der Waals surface area contributed by atoms with Gasteiger partial charge in [-0.1, -0.05) is 35.4 Å². The van der Waals surface area contributed by atoms with Crippen LogP contribution in [0.5, 0.6) is 0 Å². The molecule has 0 spiro atoms. The topological polar surface area (TPSA) is 79.4 Å². The number of fused-ring (bicyclic) bond motifs is 1. The Bertz CT molecular complexity index is 1170. The maximum atomic E-state index is 12.9. The molecule has 1 saturated heterocycles. The number of hydrogen-bond acceptors (Lipinski definition) is 5. The molecule has 1 aliphatic rings. The van der Waals surface area contributed by atoms with Crippen LogP contribution >= 0.6 is 22.9 Å². The van der Waals surface area contributed by atoms with E-state index in [1.165, 1.54) is 35.6 Å². The van der Waals surface area contributed by atoms with Crippen molar-refractivity contribution in [1.82, 2.24) is 9.29 Å². The number of carbonyl (C=O) groups is 1. The number of rotatable bonds is 4. The number of amides is 1. The lowest BCUT2D eigenvalue weighted by atomic mass is 10.1. The van der Waals surface area contributed by atoms with Gasteiger partial charge in [-0.2, -0.15) is 4.31 Å². The Morgan fingerprint density at radius 2 is 1.93 bits per heavy atom. The van der Waals surface area contributed by atoms with Crippen LogP contribution in [0.15, 0.2) is 41.3 Å². The molecule has 0 aliphatic carbocycles. The minimum Gasteiger partial charge on any atom is -0.298 e. The van der Waals surface area contributed by atoms with Crippen LogP contribution in [-0.4, -0.2) is 36.2 Å². The zero-order chi connectivity index (χ0) is 21.5. The van der Waals surface area contributed by atoms with Crippen molar-refractivity contribution in [1.29, 1.82) is 0 Å². The molecule has 2 aromatic carbocycles. The van der Waals surface area contributed by atoms with Crippen LogP contribution in [0.3, 0.4) is 0 Å². The maximum absolute atomic E-state index is 12.9. The molecule has 0 bridgehead atoms. The number of nitrogens with one attached hydrogen (secondary N) is 1. The summed E-state index contributed by atoms with van der Waals surface area (Å²) in [5.74, 6) is -0.349. The minimum atomic E-state index is -3.56. The molecule has 30 heavy (non-hydrogen) atoms. The van der Waals surface area contributed by atoms with Gasteiger partial charge in [0.15, 0.2) is 5.13 Å². The lowest BCUT2D eigenvalue weighted by Crippen LogP contribution is -2.41. The number of nitrogens with zero attached hydrogens (tertiary/aromatic N) is 2. The molecule has 6 nitrogen and oxygen atoms in total. The largest absolute Gasteiger partial charge is 0.298 e. The molecule has 158 valence electrons. The Labute approximate surface area is 184 Å². The summed E-state index contributed by atoms with van der Waals surface area (Å²) in [5.41, 5.74) is 2.11. The predicted molar refractivity (Wildman–Crippen MR) is 121 cm³/mol. The van der Waals surface area contributed by atoms with E-state index < -0.39 is 10.0 Å². The first kappa shape index (κ1) is 21.2. The van der Waals surface area contributed by atoms with E-state index in [1.54, 1.807) is 4.31 Å². The quantitative estimate of drug-likeness (QED) is 0.585. The van der Waals surface area contributed by atoms with Crippen LogP contribution in [0, 0.1) is 6.92 Å². The van der Waals surface area contributed by atoms with Crippen molar-refractivity contribution >= 4 is 54.2 Å². The van der Waals surface area contributed by atoms with E-state index in [-0.39, 0.29) is 16.8 Å². The molecular weight excluding hydrogens is 442 g/mol. The van der Waals surface area contributed by atoms with Crippen LogP contribution in [0.1, 0.15) is 42.1 Å². The molecule has 3 aromatic rings. The van der Waals surface area contributed by atoms with E-state index in [0.29, 0.717) is 22.3 Å². The van der Waals surface area contributed by atoms with Crippen molar-refractivity contribution in [3.8, 4) is 0 Å². The van der Waals surface area contributed by atoms with Gasteiger partial charge in [-0.25, -0.2) is 13.4 Å². The molecule has 2 heterocycles. The van der Waals surface area contributed by atoms with Crippen LogP contribution in [-0.2, 0) is 10.0 Å². The number of anilines is 1. The van der Waals surface area contributed by atoms with Gasteiger partial charge in [0.2, 0.25) is 10.0 Å². The number of benzene rings is 2. The second-order valence-electron chi connectivity index (χ2n) is 7.50. The summed E-state index contributed by atoms with van der Waals surface area (Å²) < 4.78 is 28.3. The summed E-state index contributed by atoms with van der Waals surface area (Å²) in [4.78, 5) is 17.3. The predicted octanol–water partition coefficient (Wildman–Crippen LogP) is 5.07. The Hall–Kier alpha value is -2.00. The highest BCUT2D eigenvalue weighted by Gasteiger charge is 2.31. The van der Waals surface area contributed by atoms with Crippen molar-refractivity contribution in [2.75, 3.05) is 11.9 Å². The summed E-state index contributed by atoms with van der Waals surface area (Å²) in [6.45, 7) is 4.40. The number of hydrogen-bond donors (Lipinski definition) is 1. The second kappa shape index (κ2) is 8.26. The molecule has 9 heteroatoms. The van der Waals surface area contributed by atoms with Gasteiger partial charge < -0.3 is 0 Å². The molecule has 0 radical (unpaired) electrons. The number of aryl methyl sites for hydroxylation is 1. The van der Waals surface area contributed by atoms with E-state index in [9.17, 15) is 13.2 Å². The van der Waals surface area contributed by atoms with Crippen LogP contribution in [0.4, 0.5) is 5.13 Å². The van der Waals surface area contributed by atoms with Gasteiger partial charge in [-0.05, 0) is 62.6 Å². The smallest absolute Gasteiger partial charge is 0.257 e. The van der Waals surface area contributed by atoms with Gasteiger partial charge in [-0.3, -0.25) is 10.1 Å². The van der Waals surface area contributed by atoms with E-state index in [4.69, 9.17) is 11.6 Å². The summed E-state index contributed by atoms with van der Waals surface area (Å²) in [5, 5.41) is 3.82. The summed E-state index contributed by atoms with van der Waals surface area (Å²) >= 11 is 7.54. The summed E-state index contributed by atoms with van der Waals surface area (Å²) in [7, 11) is -3.56. The lowest BCUT2D eigenvalue weighted by molar-refractivity contribution is 0.102. The molecule has 1 fully saturated rings. The standard InChI is InChI=1S/C21H22ClN3O3S2/c1-13-6-11-17(22)19-18(13)23-21(29-19)24-20(26)15-7-9-16(10-8-15)30(27,28)25-12-4-3-5-14(25)2/h6-11,14H,3-5,12H2,1-2H3,(H,23,24,26)/t14-/m1/s1. The fourth-order valence-corrected chi connectivity index (χ4v) is 6.58. The van der Waals surface area contributed by atoms with E-state index in [2.05, 4.69) is 10.3 Å². The number of sulfonamides is 1. The van der Waals surface area contributed by atoms with Crippen LogP contribution in [0.2, 0.25) is 5.02 Å². The Balaban J connectivity index is 1.53. The first-order valence-electron chi connectivity index (χ1n) is 9.76. The maximum Gasteiger partial charge on any atom is 0.257 e. The summed E-state index contributed by atoms with van der Waals surface area (Å²) in [6.07, 6.45) is 2.78. The molecule has 1 atom stereocenters. The number of piperidine rings is 1. The number of carbonyl (C=O) groups excluding carboxylic acids is 1. The van der Waals surface area contributed by atoms with E-state index in [1.807, 2.05) is 26.0 Å². The van der Waals surface area contributed by atoms with Crippen molar-refractivity contribution < 1.29 is 13.2 Å². The van der Waals surface area contributed by atoms with Gasteiger partial charge in [0, 0.05) is 18.2 Å². The fourth-order valence-electron chi connectivity index (χ4n) is 3.67. The highest BCUT2D eigenvalue weighted by atomic mass is 35.5. The third-order valence-electron chi connectivity index (χ3n) is 5.38. The van der Waals surface area contributed by atoms with Gasteiger partial charge in [0.1, 0.15) is 0 Å². The van der Waals surface area contributed by atoms with E-state index in [0.717, 1.165) is 35.0 Å². The highest BCUT2D eigenvalue weighted by Crippen LogP contribution is 2.34. The van der Waals surface area contributed by atoms with Crippen molar-refractivity contribution in [3.05, 3.63) is 52.5 Å². The Kier molecular flexibility index (Phi) is 5.85. The normalized spacial score (nSPS) is 17.9. The molecule has 1 aromatic heterocycles. The lowest BCUT2D eigenvalue weighted by Gasteiger charge is -2.32. The number of aromatic nitrogens is 1. The fraction of sp³-hybridized carbons (Fsp3) is 0.333. The van der Waals surface area contributed by atoms with Crippen molar-refractivity contribution in [3.63, 3.8) is 0 Å². The molecule has 1 aliphatic heterocycles.